The quantitative estimate of drug-likeness (QED) is 0.771. The third-order valence-electron chi connectivity index (χ3n) is 3.04. The topological polar surface area (TPSA) is 27.1 Å². The molecule has 2 aromatic rings. The number of halogens is 2. The van der Waals surface area contributed by atoms with Crippen LogP contribution in [0.1, 0.15) is 25.0 Å². The van der Waals surface area contributed by atoms with E-state index < -0.39 is 0 Å². The van der Waals surface area contributed by atoms with Crippen molar-refractivity contribution in [2.45, 2.75) is 25.8 Å². The average Bonchev–Trinajstić information content (AvgIpc) is 2.68. The molecule has 1 aromatic carbocycles. The number of rotatable bonds is 5. The highest BCUT2D eigenvalue weighted by Crippen LogP contribution is 2.27. The average molecular weight is 301 g/mol. The van der Waals surface area contributed by atoms with Crippen molar-refractivity contribution in [2.75, 3.05) is 13.7 Å². The van der Waals surface area contributed by atoms with Gasteiger partial charge in [-0.2, -0.15) is 0 Å². The normalized spacial score (nSPS) is 14.8. The van der Waals surface area contributed by atoms with Crippen molar-refractivity contribution in [3.63, 3.8) is 0 Å². The summed E-state index contributed by atoms with van der Waals surface area (Å²) in [5, 5.41) is 0.572. The van der Waals surface area contributed by atoms with Crippen molar-refractivity contribution >= 4 is 34.2 Å². The molecule has 0 aliphatic heterocycles. The molecule has 3 nitrogen and oxygen atoms in total. The van der Waals surface area contributed by atoms with Crippen LogP contribution in [0.2, 0.25) is 5.02 Å². The molecular weight excluding hydrogens is 283 g/mol. The van der Waals surface area contributed by atoms with Gasteiger partial charge < -0.3 is 9.30 Å². The number of hydrogen-bond acceptors (Lipinski definition) is 2. The number of nitrogens with zero attached hydrogens (tertiary/aromatic N) is 2. The predicted molar refractivity (Wildman–Crippen MR) is 80.1 cm³/mol. The lowest BCUT2D eigenvalue weighted by molar-refractivity contribution is 0.151. The Kier molecular flexibility index (Phi) is 4.71. The minimum atomic E-state index is -0.138. The van der Waals surface area contributed by atoms with Crippen molar-refractivity contribution in [2.24, 2.45) is 5.92 Å². The van der Waals surface area contributed by atoms with Gasteiger partial charge in [-0.05, 0) is 31.0 Å². The standard InChI is InChI=1S/C14H18Cl2N2O/c1-9(8-19-3)7-18-13-6-11(16)4-5-12(13)17-14(18)10(2)15/h4-6,9-10H,7-8H2,1-3H3. The highest BCUT2D eigenvalue weighted by Gasteiger charge is 2.17. The van der Waals surface area contributed by atoms with Crippen LogP contribution in [0.25, 0.3) is 11.0 Å². The van der Waals surface area contributed by atoms with Crippen LogP contribution < -0.4 is 0 Å². The summed E-state index contributed by atoms with van der Waals surface area (Å²) in [7, 11) is 1.71. The highest BCUT2D eigenvalue weighted by atomic mass is 35.5. The molecule has 2 rings (SSSR count). The number of alkyl halides is 1. The van der Waals surface area contributed by atoms with Crippen molar-refractivity contribution < 1.29 is 4.74 Å². The van der Waals surface area contributed by atoms with Gasteiger partial charge in [0.25, 0.3) is 0 Å². The van der Waals surface area contributed by atoms with Gasteiger partial charge >= 0.3 is 0 Å². The molecule has 1 aromatic heterocycles. The van der Waals surface area contributed by atoms with Gasteiger partial charge in [0.15, 0.2) is 0 Å². The lowest BCUT2D eigenvalue weighted by Gasteiger charge is -2.15. The van der Waals surface area contributed by atoms with Gasteiger partial charge in [0.1, 0.15) is 5.82 Å². The molecule has 104 valence electrons. The molecule has 0 saturated heterocycles. The van der Waals surface area contributed by atoms with Gasteiger partial charge in [-0.3, -0.25) is 0 Å². The van der Waals surface area contributed by atoms with E-state index in [1.54, 1.807) is 7.11 Å². The van der Waals surface area contributed by atoms with E-state index in [1.807, 2.05) is 25.1 Å². The summed E-state index contributed by atoms with van der Waals surface area (Å²) in [6.07, 6.45) is 0. The molecule has 0 aliphatic carbocycles. The highest BCUT2D eigenvalue weighted by molar-refractivity contribution is 6.31. The smallest absolute Gasteiger partial charge is 0.127 e. The molecule has 0 fully saturated rings. The Labute approximate surface area is 123 Å². The minimum absolute atomic E-state index is 0.138. The monoisotopic (exact) mass is 300 g/mol. The van der Waals surface area contributed by atoms with Crippen LogP contribution in [-0.2, 0) is 11.3 Å². The second-order valence-electron chi connectivity index (χ2n) is 4.89. The summed E-state index contributed by atoms with van der Waals surface area (Å²) >= 11 is 12.3. The minimum Gasteiger partial charge on any atom is -0.384 e. The van der Waals surface area contributed by atoms with E-state index >= 15 is 0 Å². The van der Waals surface area contributed by atoms with E-state index in [0.29, 0.717) is 17.5 Å². The molecule has 1 heterocycles. The van der Waals surface area contributed by atoms with Crippen LogP contribution in [-0.4, -0.2) is 23.3 Å². The lowest BCUT2D eigenvalue weighted by atomic mass is 10.2. The van der Waals surface area contributed by atoms with Crippen LogP contribution in [0, 0.1) is 5.92 Å². The number of benzene rings is 1. The van der Waals surface area contributed by atoms with Gasteiger partial charge in [0.05, 0.1) is 23.0 Å². The summed E-state index contributed by atoms with van der Waals surface area (Å²) in [6.45, 7) is 5.60. The number of fused-ring (bicyclic) bond motifs is 1. The molecule has 0 aliphatic rings. The first kappa shape index (κ1) is 14.6. The molecular formula is C14H18Cl2N2O. The Morgan fingerprint density at radius 2 is 2.11 bits per heavy atom. The fourth-order valence-corrected chi connectivity index (χ4v) is 2.59. The van der Waals surface area contributed by atoms with E-state index in [0.717, 1.165) is 23.4 Å². The maximum Gasteiger partial charge on any atom is 0.127 e. The van der Waals surface area contributed by atoms with E-state index in [4.69, 9.17) is 27.9 Å². The van der Waals surface area contributed by atoms with Crippen LogP contribution >= 0.6 is 23.2 Å². The largest absolute Gasteiger partial charge is 0.384 e. The van der Waals surface area contributed by atoms with Crippen LogP contribution in [0.5, 0.6) is 0 Å². The Morgan fingerprint density at radius 3 is 2.74 bits per heavy atom. The zero-order chi connectivity index (χ0) is 14.0. The molecule has 19 heavy (non-hydrogen) atoms. The maximum absolute atomic E-state index is 6.23. The number of hydrogen-bond donors (Lipinski definition) is 0. The van der Waals surface area contributed by atoms with E-state index in [9.17, 15) is 0 Å². The lowest BCUT2D eigenvalue weighted by Crippen LogP contribution is -2.15. The van der Waals surface area contributed by atoms with Crippen LogP contribution in [0.3, 0.4) is 0 Å². The van der Waals surface area contributed by atoms with Crippen LogP contribution in [0.15, 0.2) is 18.2 Å². The third kappa shape index (κ3) is 3.22. The number of aromatic nitrogens is 2. The van der Waals surface area contributed by atoms with E-state index in [1.165, 1.54) is 0 Å². The van der Waals surface area contributed by atoms with Crippen molar-refractivity contribution in [1.29, 1.82) is 0 Å². The van der Waals surface area contributed by atoms with E-state index in [2.05, 4.69) is 16.5 Å². The SMILES string of the molecule is COCC(C)Cn1c(C(C)Cl)nc2ccc(Cl)cc21. The first-order valence-electron chi connectivity index (χ1n) is 6.31. The molecule has 0 bridgehead atoms. The fourth-order valence-electron chi connectivity index (χ4n) is 2.26. The zero-order valence-electron chi connectivity index (χ0n) is 11.4. The summed E-state index contributed by atoms with van der Waals surface area (Å²) in [5.74, 6) is 1.26. The maximum atomic E-state index is 6.23. The third-order valence-corrected chi connectivity index (χ3v) is 3.47. The summed E-state index contributed by atoms with van der Waals surface area (Å²) in [6, 6.07) is 5.71. The van der Waals surface area contributed by atoms with Crippen molar-refractivity contribution in [1.82, 2.24) is 9.55 Å². The van der Waals surface area contributed by atoms with E-state index in [-0.39, 0.29) is 5.38 Å². The molecule has 5 heteroatoms. The summed E-state index contributed by atoms with van der Waals surface area (Å²) in [4.78, 5) is 4.60. The molecule has 0 saturated carbocycles. The first-order chi connectivity index (χ1) is 9.02. The number of ether oxygens (including phenoxy) is 1. The predicted octanol–water partition coefficient (Wildman–Crippen LogP) is 4.27. The summed E-state index contributed by atoms with van der Waals surface area (Å²) < 4.78 is 7.34. The number of imidazole rings is 1. The second kappa shape index (κ2) is 6.12. The van der Waals surface area contributed by atoms with Crippen molar-refractivity contribution in [3.8, 4) is 0 Å². The Bertz CT molecular complexity index is 566. The Balaban J connectivity index is 2.47. The van der Waals surface area contributed by atoms with Gasteiger partial charge in [0.2, 0.25) is 0 Å². The first-order valence-corrected chi connectivity index (χ1v) is 7.13. The number of methoxy groups -OCH3 is 1. The molecule has 0 spiro atoms. The molecule has 2 atom stereocenters. The zero-order valence-corrected chi connectivity index (χ0v) is 12.9. The van der Waals surface area contributed by atoms with Crippen molar-refractivity contribution in [3.05, 3.63) is 29.0 Å². The second-order valence-corrected chi connectivity index (χ2v) is 5.98. The van der Waals surface area contributed by atoms with Gasteiger partial charge in [-0.25, -0.2) is 4.98 Å². The molecule has 2 unspecified atom stereocenters. The molecule has 0 N–H and O–H groups in total. The fraction of sp³-hybridized carbons (Fsp3) is 0.500. The summed E-state index contributed by atoms with van der Waals surface area (Å²) in [5.41, 5.74) is 1.95. The Morgan fingerprint density at radius 1 is 1.37 bits per heavy atom. The van der Waals surface area contributed by atoms with Gasteiger partial charge in [0, 0.05) is 18.7 Å². The molecule has 0 radical (unpaired) electrons. The van der Waals surface area contributed by atoms with Gasteiger partial charge in [-0.15, -0.1) is 11.6 Å². The van der Waals surface area contributed by atoms with Crippen LogP contribution in [0.4, 0.5) is 0 Å². The Hall–Kier alpha value is -0.770. The molecule has 0 amide bonds. The van der Waals surface area contributed by atoms with Gasteiger partial charge in [-0.1, -0.05) is 18.5 Å².